The van der Waals surface area contributed by atoms with Crippen molar-refractivity contribution in [1.82, 2.24) is 0 Å². The Labute approximate surface area is 165 Å². The summed E-state index contributed by atoms with van der Waals surface area (Å²) in [6, 6.07) is 10.4. The normalized spacial score (nSPS) is 12.5. The highest BCUT2D eigenvalue weighted by molar-refractivity contribution is 9.10. The van der Waals surface area contributed by atoms with Crippen molar-refractivity contribution < 1.29 is 13.2 Å². The standard InChI is InChI=1S/C16H15BrCl2N2O3S/c1-10(16(22)20-13-5-3-4-11(17)8-13)21(25(2,23)24)15-9-12(18)6-7-14(15)19/h3-10H,1-2H3,(H,20,22)/t10-/m1/s1. The maximum Gasteiger partial charge on any atom is 0.247 e. The largest absolute Gasteiger partial charge is 0.324 e. The Morgan fingerprint density at radius 3 is 2.48 bits per heavy atom. The molecule has 0 fully saturated rings. The Balaban J connectivity index is 2.38. The van der Waals surface area contributed by atoms with Gasteiger partial charge in [0.25, 0.3) is 0 Å². The Bertz CT molecular complexity index is 906. The lowest BCUT2D eigenvalue weighted by molar-refractivity contribution is -0.116. The van der Waals surface area contributed by atoms with Crippen LogP contribution in [0.15, 0.2) is 46.9 Å². The molecule has 0 saturated carbocycles. The van der Waals surface area contributed by atoms with Crippen LogP contribution in [0.4, 0.5) is 11.4 Å². The van der Waals surface area contributed by atoms with Crippen LogP contribution in [-0.2, 0) is 14.8 Å². The first-order valence-electron chi connectivity index (χ1n) is 7.10. The van der Waals surface area contributed by atoms with E-state index in [4.69, 9.17) is 23.2 Å². The van der Waals surface area contributed by atoms with Crippen molar-refractivity contribution in [2.75, 3.05) is 15.9 Å². The van der Waals surface area contributed by atoms with Crippen LogP contribution in [0, 0.1) is 0 Å². The smallest absolute Gasteiger partial charge is 0.247 e. The lowest BCUT2D eigenvalue weighted by Gasteiger charge is -2.29. The second-order valence-electron chi connectivity index (χ2n) is 5.33. The number of halogens is 3. The van der Waals surface area contributed by atoms with Crippen LogP contribution in [0.25, 0.3) is 0 Å². The third kappa shape index (κ3) is 5.10. The van der Waals surface area contributed by atoms with Gasteiger partial charge in [-0.3, -0.25) is 9.10 Å². The van der Waals surface area contributed by atoms with E-state index in [1.165, 1.54) is 19.1 Å². The Hall–Kier alpha value is -1.28. The number of sulfonamides is 1. The molecule has 0 spiro atoms. The van der Waals surface area contributed by atoms with E-state index >= 15 is 0 Å². The minimum atomic E-state index is -3.78. The summed E-state index contributed by atoms with van der Waals surface area (Å²) < 4.78 is 26.3. The maximum absolute atomic E-state index is 12.6. The van der Waals surface area contributed by atoms with Gasteiger partial charge in [-0.2, -0.15) is 0 Å². The second kappa shape index (κ2) is 7.95. The highest BCUT2D eigenvalue weighted by Gasteiger charge is 2.30. The van der Waals surface area contributed by atoms with Crippen molar-refractivity contribution in [2.45, 2.75) is 13.0 Å². The fourth-order valence-corrected chi connectivity index (χ4v) is 4.25. The first-order valence-corrected chi connectivity index (χ1v) is 10.5. The molecule has 0 saturated heterocycles. The molecule has 5 nitrogen and oxygen atoms in total. The minimum Gasteiger partial charge on any atom is -0.324 e. The third-order valence-corrected chi connectivity index (χ3v) is 5.60. The molecule has 0 aromatic heterocycles. The van der Waals surface area contributed by atoms with Gasteiger partial charge in [0.05, 0.1) is 17.0 Å². The Morgan fingerprint density at radius 1 is 1.20 bits per heavy atom. The van der Waals surface area contributed by atoms with E-state index in [-0.39, 0.29) is 10.7 Å². The number of hydrogen-bond acceptors (Lipinski definition) is 3. The molecule has 1 N–H and O–H groups in total. The average Bonchev–Trinajstić information content (AvgIpc) is 2.49. The summed E-state index contributed by atoms with van der Waals surface area (Å²) in [5, 5.41) is 3.18. The number of anilines is 2. The molecule has 2 aromatic rings. The highest BCUT2D eigenvalue weighted by Crippen LogP contribution is 2.32. The quantitative estimate of drug-likeness (QED) is 0.704. The molecular formula is C16H15BrCl2N2O3S. The van der Waals surface area contributed by atoms with Crippen molar-refractivity contribution >= 4 is 66.4 Å². The van der Waals surface area contributed by atoms with Crippen molar-refractivity contribution in [3.63, 3.8) is 0 Å². The monoisotopic (exact) mass is 464 g/mol. The van der Waals surface area contributed by atoms with Gasteiger partial charge < -0.3 is 5.32 Å². The molecule has 0 radical (unpaired) electrons. The summed E-state index contributed by atoms with van der Waals surface area (Å²) in [6.45, 7) is 1.48. The van der Waals surface area contributed by atoms with Crippen molar-refractivity contribution in [2.24, 2.45) is 0 Å². The van der Waals surface area contributed by atoms with E-state index in [0.717, 1.165) is 15.0 Å². The van der Waals surface area contributed by atoms with Gasteiger partial charge in [-0.05, 0) is 43.3 Å². The molecule has 0 bridgehead atoms. The topological polar surface area (TPSA) is 66.5 Å². The summed E-state index contributed by atoms with van der Waals surface area (Å²) in [6.07, 6.45) is 1.01. The molecule has 0 aliphatic carbocycles. The number of benzene rings is 2. The summed E-state index contributed by atoms with van der Waals surface area (Å²) >= 11 is 15.4. The molecule has 9 heteroatoms. The number of carbonyl (C=O) groups excluding carboxylic acids is 1. The van der Waals surface area contributed by atoms with Crippen molar-refractivity contribution in [3.05, 3.63) is 57.0 Å². The van der Waals surface area contributed by atoms with E-state index in [0.29, 0.717) is 10.7 Å². The number of carbonyl (C=O) groups is 1. The summed E-state index contributed by atoms with van der Waals surface area (Å²) in [5.41, 5.74) is 0.686. The van der Waals surface area contributed by atoms with Gasteiger partial charge in [0.2, 0.25) is 15.9 Å². The summed E-state index contributed by atoms with van der Waals surface area (Å²) in [5.74, 6) is -0.500. The van der Waals surface area contributed by atoms with Crippen LogP contribution >= 0.6 is 39.1 Å². The molecule has 2 aromatic carbocycles. The molecule has 0 unspecified atom stereocenters. The number of hydrogen-bond donors (Lipinski definition) is 1. The molecule has 0 aliphatic heterocycles. The number of nitrogens with zero attached hydrogens (tertiary/aromatic N) is 1. The fourth-order valence-electron chi connectivity index (χ4n) is 2.25. The number of rotatable bonds is 5. The Morgan fingerprint density at radius 2 is 1.88 bits per heavy atom. The van der Waals surface area contributed by atoms with Crippen LogP contribution in [-0.4, -0.2) is 26.6 Å². The first-order chi connectivity index (χ1) is 11.6. The second-order valence-corrected chi connectivity index (χ2v) is 8.95. The Kier molecular flexibility index (Phi) is 6.37. The lowest BCUT2D eigenvalue weighted by atomic mass is 10.2. The molecular weight excluding hydrogens is 451 g/mol. The van der Waals surface area contributed by atoms with E-state index < -0.39 is 22.0 Å². The third-order valence-electron chi connectivity index (χ3n) is 3.33. The molecule has 1 amide bonds. The van der Waals surface area contributed by atoms with Gasteiger partial charge >= 0.3 is 0 Å². The number of nitrogens with one attached hydrogen (secondary N) is 1. The zero-order valence-electron chi connectivity index (χ0n) is 13.3. The highest BCUT2D eigenvalue weighted by atomic mass is 79.9. The van der Waals surface area contributed by atoms with Gasteiger partial charge in [0, 0.05) is 15.2 Å². The van der Waals surface area contributed by atoms with Gasteiger partial charge in [-0.15, -0.1) is 0 Å². The summed E-state index contributed by atoms with van der Waals surface area (Å²) in [7, 11) is -3.78. The SMILES string of the molecule is C[C@H](C(=O)Nc1cccc(Br)c1)N(c1cc(Cl)ccc1Cl)S(C)(=O)=O. The fraction of sp³-hybridized carbons (Fsp3) is 0.188. The van der Waals surface area contributed by atoms with Gasteiger partial charge in [-0.1, -0.05) is 45.2 Å². The molecule has 1 atom stereocenters. The zero-order chi connectivity index (χ0) is 18.8. The van der Waals surface area contributed by atoms with Gasteiger partial charge in [0.1, 0.15) is 6.04 Å². The minimum absolute atomic E-state index is 0.147. The van der Waals surface area contributed by atoms with E-state index in [9.17, 15) is 13.2 Å². The summed E-state index contributed by atoms with van der Waals surface area (Å²) in [4.78, 5) is 12.6. The van der Waals surface area contributed by atoms with Crippen LogP contribution in [0.5, 0.6) is 0 Å². The lowest BCUT2D eigenvalue weighted by Crippen LogP contribution is -2.45. The predicted molar refractivity (Wildman–Crippen MR) is 106 cm³/mol. The van der Waals surface area contributed by atoms with E-state index in [2.05, 4.69) is 21.2 Å². The van der Waals surface area contributed by atoms with Crippen LogP contribution in [0.3, 0.4) is 0 Å². The molecule has 25 heavy (non-hydrogen) atoms. The van der Waals surface area contributed by atoms with Crippen LogP contribution in [0.1, 0.15) is 6.92 Å². The maximum atomic E-state index is 12.6. The van der Waals surface area contributed by atoms with Crippen LogP contribution < -0.4 is 9.62 Å². The number of amides is 1. The van der Waals surface area contributed by atoms with Gasteiger partial charge in [-0.25, -0.2) is 8.42 Å². The average molecular weight is 466 g/mol. The predicted octanol–water partition coefficient (Wildman–Crippen LogP) is 4.55. The van der Waals surface area contributed by atoms with Crippen molar-refractivity contribution in [1.29, 1.82) is 0 Å². The van der Waals surface area contributed by atoms with E-state index in [1.807, 2.05) is 6.07 Å². The van der Waals surface area contributed by atoms with Crippen LogP contribution in [0.2, 0.25) is 10.0 Å². The molecule has 0 heterocycles. The molecule has 0 aliphatic rings. The zero-order valence-corrected chi connectivity index (χ0v) is 17.2. The van der Waals surface area contributed by atoms with Crippen molar-refractivity contribution in [3.8, 4) is 0 Å². The first kappa shape index (κ1) is 20.0. The van der Waals surface area contributed by atoms with E-state index in [1.54, 1.807) is 24.3 Å². The van der Waals surface area contributed by atoms with Gasteiger partial charge in [0.15, 0.2) is 0 Å². The molecule has 134 valence electrons. The molecule has 2 rings (SSSR count).